The third-order valence-electron chi connectivity index (χ3n) is 3.40. The predicted molar refractivity (Wildman–Crippen MR) is 76.7 cm³/mol. The molecule has 1 aliphatic carbocycles. The van der Waals surface area contributed by atoms with Crippen molar-refractivity contribution in [3.63, 3.8) is 0 Å². The molecule has 5 nitrogen and oxygen atoms in total. The second kappa shape index (κ2) is 6.40. The average Bonchev–Trinajstić information content (AvgIpc) is 3.23. The first-order valence-corrected chi connectivity index (χ1v) is 6.94. The molecule has 2 rings (SSSR count). The number of benzene rings is 1. The van der Waals surface area contributed by atoms with Crippen molar-refractivity contribution in [1.29, 1.82) is 5.26 Å². The number of ketones is 1. The van der Waals surface area contributed by atoms with Crippen molar-refractivity contribution in [3.05, 3.63) is 29.3 Å². The number of nitrogens with one attached hydrogen (secondary N) is 1. The molecule has 110 valence electrons. The van der Waals surface area contributed by atoms with Crippen LogP contribution in [0.2, 0.25) is 0 Å². The van der Waals surface area contributed by atoms with Crippen LogP contribution < -0.4 is 10.1 Å². The predicted octanol–water partition coefficient (Wildman–Crippen LogP) is 1.67. The van der Waals surface area contributed by atoms with E-state index in [1.54, 1.807) is 6.07 Å². The smallest absolute Gasteiger partial charge is 0.245 e. The van der Waals surface area contributed by atoms with E-state index in [1.807, 2.05) is 32.0 Å². The zero-order valence-corrected chi connectivity index (χ0v) is 12.2. The van der Waals surface area contributed by atoms with Gasteiger partial charge in [-0.05, 0) is 37.8 Å². The molecule has 1 N–H and O–H groups in total. The van der Waals surface area contributed by atoms with Gasteiger partial charge < -0.3 is 10.1 Å². The van der Waals surface area contributed by atoms with Crippen LogP contribution in [-0.2, 0) is 9.59 Å². The summed E-state index contributed by atoms with van der Waals surface area (Å²) in [7, 11) is 0. The van der Waals surface area contributed by atoms with Gasteiger partial charge >= 0.3 is 0 Å². The van der Waals surface area contributed by atoms with Gasteiger partial charge in [0.25, 0.3) is 0 Å². The topological polar surface area (TPSA) is 79.2 Å². The van der Waals surface area contributed by atoms with E-state index in [0.29, 0.717) is 5.75 Å². The molecular weight excluding hydrogens is 268 g/mol. The lowest BCUT2D eigenvalue weighted by molar-refractivity contribution is -0.132. The number of ether oxygens (including phenoxy) is 1. The molecule has 0 spiro atoms. The summed E-state index contributed by atoms with van der Waals surface area (Å²) in [4.78, 5) is 23.8. The summed E-state index contributed by atoms with van der Waals surface area (Å²) >= 11 is 0. The molecule has 1 atom stereocenters. The number of carbonyl (C=O) groups is 2. The van der Waals surface area contributed by atoms with Crippen LogP contribution in [0.5, 0.6) is 5.75 Å². The first-order chi connectivity index (χ1) is 10.0. The zero-order chi connectivity index (χ0) is 15.4. The molecule has 21 heavy (non-hydrogen) atoms. The minimum atomic E-state index is -1.30. The highest BCUT2D eigenvalue weighted by Crippen LogP contribution is 2.23. The van der Waals surface area contributed by atoms with Gasteiger partial charge in [-0.15, -0.1) is 0 Å². The lowest BCUT2D eigenvalue weighted by atomic mass is 10.1. The fourth-order valence-corrected chi connectivity index (χ4v) is 2.04. The van der Waals surface area contributed by atoms with Crippen molar-refractivity contribution in [3.8, 4) is 11.8 Å². The molecule has 0 aromatic heterocycles. The Balaban J connectivity index is 1.96. The van der Waals surface area contributed by atoms with Crippen LogP contribution in [0.1, 0.15) is 24.0 Å². The summed E-state index contributed by atoms with van der Waals surface area (Å²) in [5.74, 6) is -1.70. The van der Waals surface area contributed by atoms with Gasteiger partial charge in [0.15, 0.2) is 11.7 Å². The van der Waals surface area contributed by atoms with Crippen LogP contribution in [0, 0.1) is 31.1 Å². The van der Waals surface area contributed by atoms with Crippen LogP contribution in [0.3, 0.4) is 0 Å². The second-order valence-electron chi connectivity index (χ2n) is 5.32. The van der Waals surface area contributed by atoms with E-state index in [0.717, 1.165) is 24.0 Å². The Bertz CT molecular complexity index is 580. The van der Waals surface area contributed by atoms with Gasteiger partial charge in [0.1, 0.15) is 12.4 Å². The van der Waals surface area contributed by atoms with E-state index in [-0.39, 0.29) is 12.6 Å². The van der Waals surface area contributed by atoms with Crippen molar-refractivity contribution in [2.75, 3.05) is 6.61 Å². The van der Waals surface area contributed by atoms with Crippen LogP contribution in [0.25, 0.3) is 0 Å². The van der Waals surface area contributed by atoms with Gasteiger partial charge in [0.05, 0.1) is 6.07 Å². The highest BCUT2D eigenvalue weighted by molar-refractivity contribution is 6.04. The van der Waals surface area contributed by atoms with Crippen molar-refractivity contribution in [2.45, 2.75) is 32.7 Å². The normalized spacial score (nSPS) is 14.9. The minimum absolute atomic E-state index is 0.126. The summed E-state index contributed by atoms with van der Waals surface area (Å²) in [5.41, 5.74) is 1.83. The number of hydrogen-bond donors (Lipinski definition) is 1. The molecule has 0 aliphatic heterocycles. The van der Waals surface area contributed by atoms with Gasteiger partial charge in [-0.2, -0.15) is 5.26 Å². The maximum Gasteiger partial charge on any atom is 0.245 e. The summed E-state index contributed by atoms with van der Waals surface area (Å²) < 4.78 is 5.50. The van der Waals surface area contributed by atoms with Gasteiger partial charge in [-0.3, -0.25) is 9.59 Å². The molecule has 5 heteroatoms. The Labute approximate surface area is 123 Å². The number of nitrogens with zero attached hydrogens (tertiary/aromatic N) is 1. The van der Waals surface area contributed by atoms with Crippen LogP contribution in [0.15, 0.2) is 18.2 Å². The molecule has 0 heterocycles. The Morgan fingerprint density at radius 2 is 2.00 bits per heavy atom. The summed E-state index contributed by atoms with van der Waals surface area (Å²) in [6, 6.07) is 7.55. The molecule has 1 aliphatic rings. The van der Waals surface area contributed by atoms with Crippen molar-refractivity contribution < 1.29 is 14.3 Å². The fraction of sp³-hybridized carbons (Fsp3) is 0.438. The van der Waals surface area contributed by atoms with Gasteiger partial charge in [0.2, 0.25) is 5.91 Å². The maximum absolute atomic E-state index is 12.0. The molecule has 0 radical (unpaired) electrons. The average molecular weight is 286 g/mol. The molecule has 0 unspecified atom stereocenters. The highest BCUT2D eigenvalue weighted by Gasteiger charge is 2.31. The largest absolute Gasteiger partial charge is 0.485 e. The number of carbonyl (C=O) groups excluding carboxylic acids is 2. The van der Waals surface area contributed by atoms with E-state index in [9.17, 15) is 9.59 Å². The van der Waals surface area contributed by atoms with E-state index in [2.05, 4.69) is 5.32 Å². The quantitative estimate of drug-likeness (QED) is 0.807. The summed E-state index contributed by atoms with van der Waals surface area (Å²) in [5, 5.41) is 11.7. The molecule has 1 aromatic rings. The van der Waals surface area contributed by atoms with Crippen LogP contribution in [0.4, 0.5) is 0 Å². The number of aryl methyl sites for hydroxylation is 2. The first kappa shape index (κ1) is 15.0. The van der Waals surface area contributed by atoms with Gasteiger partial charge in [-0.25, -0.2) is 0 Å². The number of nitriles is 1. The van der Waals surface area contributed by atoms with Gasteiger partial charge in [-0.1, -0.05) is 18.2 Å². The van der Waals surface area contributed by atoms with Crippen LogP contribution >= 0.6 is 0 Å². The molecule has 0 bridgehead atoms. The summed E-state index contributed by atoms with van der Waals surface area (Å²) in [6.45, 7) is 3.49. The van der Waals surface area contributed by atoms with Crippen molar-refractivity contribution in [2.24, 2.45) is 5.92 Å². The number of para-hydroxylation sites is 1. The Kier molecular flexibility index (Phi) is 4.59. The zero-order valence-electron chi connectivity index (χ0n) is 12.2. The molecule has 1 fully saturated rings. The Morgan fingerprint density at radius 3 is 2.52 bits per heavy atom. The second-order valence-corrected chi connectivity index (χ2v) is 5.32. The van der Waals surface area contributed by atoms with Gasteiger partial charge in [0, 0.05) is 6.04 Å². The fourth-order valence-electron chi connectivity index (χ4n) is 2.04. The third-order valence-corrected chi connectivity index (χ3v) is 3.40. The lowest BCUT2D eigenvalue weighted by Gasteiger charge is -2.13. The van der Waals surface area contributed by atoms with Crippen LogP contribution in [-0.4, -0.2) is 24.3 Å². The Morgan fingerprint density at radius 1 is 1.38 bits per heavy atom. The standard InChI is InChI=1S/C16H18N2O3/c1-10-4-3-5-11(2)15(10)21-9-14(19)13(8-17)16(20)18-12-6-7-12/h3-5,12-13H,6-7,9H2,1-2H3,(H,18,20)/t13-/m0/s1. The number of amides is 1. The molecule has 1 amide bonds. The first-order valence-electron chi connectivity index (χ1n) is 6.94. The molecular formula is C16H18N2O3. The maximum atomic E-state index is 12.0. The van der Waals surface area contributed by atoms with Crippen molar-refractivity contribution in [1.82, 2.24) is 5.32 Å². The monoisotopic (exact) mass is 286 g/mol. The molecule has 1 aromatic carbocycles. The number of hydrogen-bond acceptors (Lipinski definition) is 4. The van der Waals surface area contributed by atoms with E-state index in [1.165, 1.54) is 0 Å². The highest BCUT2D eigenvalue weighted by atomic mass is 16.5. The SMILES string of the molecule is Cc1cccc(C)c1OCC(=O)[C@H](C#N)C(=O)NC1CC1. The molecule has 1 saturated carbocycles. The lowest BCUT2D eigenvalue weighted by Crippen LogP contribution is -2.37. The number of Topliss-reactive ketones (excluding diaryl/α,β-unsaturated/α-hetero) is 1. The van der Waals surface area contributed by atoms with E-state index in [4.69, 9.17) is 10.00 Å². The number of rotatable bonds is 6. The Hall–Kier alpha value is -2.35. The minimum Gasteiger partial charge on any atom is -0.485 e. The van der Waals surface area contributed by atoms with E-state index >= 15 is 0 Å². The third kappa shape index (κ3) is 3.82. The van der Waals surface area contributed by atoms with Crippen molar-refractivity contribution >= 4 is 11.7 Å². The molecule has 0 saturated heterocycles. The van der Waals surface area contributed by atoms with E-state index < -0.39 is 17.6 Å². The summed E-state index contributed by atoms with van der Waals surface area (Å²) in [6.07, 6.45) is 1.83.